The molecule has 6 rings (SSSR count). The lowest BCUT2D eigenvalue weighted by atomic mass is 10.0. The van der Waals surface area contributed by atoms with Gasteiger partial charge in [-0.3, -0.25) is 0 Å². The van der Waals surface area contributed by atoms with Gasteiger partial charge in [0.15, 0.2) is 5.65 Å². The van der Waals surface area contributed by atoms with E-state index in [1.54, 1.807) is 0 Å². The maximum absolute atomic E-state index is 6.27. The lowest BCUT2D eigenvalue weighted by molar-refractivity contribution is 0.0253. The third-order valence-corrected chi connectivity index (χ3v) is 7.35. The van der Waals surface area contributed by atoms with Crippen LogP contribution >= 0.6 is 0 Å². The number of rotatable bonds is 5. The van der Waals surface area contributed by atoms with Crippen molar-refractivity contribution in [1.82, 2.24) is 19.9 Å². The van der Waals surface area contributed by atoms with Crippen molar-refractivity contribution in [2.75, 3.05) is 51.3 Å². The molecular weight excluding hydrogens is 450 g/mol. The van der Waals surface area contributed by atoms with E-state index in [1.807, 2.05) is 6.20 Å². The summed E-state index contributed by atoms with van der Waals surface area (Å²) >= 11 is 0. The molecule has 4 heterocycles. The van der Waals surface area contributed by atoms with Gasteiger partial charge in [0.1, 0.15) is 17.7 Å². The van der Waals surface area contributed by atoms with Crippen molar-refractivity contribution in [3.8, 4) is 28.3 Å². The number of H-pyrrole nitrogens is 1. The van der Waals surface area contributed by atoms with Crippen LogP contribution in [-0.2, 0) is 4.74 Å². The van der Waals surface area contributed by atoms with Crippen LogP contribution < -0.4 is 9.64 Å². The zero-order valence-electron chi connectivity index (χ0n) is 21.0. The van der Waals surface area contributed by atoms with Gasteiger partial charge in [-0.15, -0.1) is 0 Å². The summed E-state index contributed by atoms with van der Waals surface area (Å²) < 4.78 is 11.7. The fourth-order valence-corrected chi connectivity index (χ4v) is 5.11. The molecule has 2 fully saturated rings. The number of hydrogen-bond donors (Lipinski definition) is 1. The molecule has 2 aromatic heterocycles. The third-order valence-electron chi connectivity index (χ3n) is 7.35. The van der Waals surface area contributed by atoms with Crippen LogP contribution in [0.15, 0.2) is 54.7 Å². The van der Waals surface area contributed by atoms with E-state index >= 15 is 0 Å². The van der Waals surface area contributed by atoms with Gasteiger partial charge in [-0.05, 0) is 67.6 Å². The van der Waals surface area contributed by atoms with Crippen LogP contribution in [-0.4, -0.2) is 72.4 Å². The number of hydrogen-bond acceptors (Lipinski definition) is 6. The second-order valence-electron chi connectivity index (χ2n) is 9.89. The van der Waals surface area contributed by atoms with Crippen LogP contribution in [0.3, 0.4) is 0 Å². The standard InChI is InChI=1S/C29H33N5O2/c1-20-19-22(5-8-26(20)36-24-10-17-35-18-11-24)25-9-12-30-29-27(25)31-28(32-29)21-3-6-23(7-4-21)34-15-13-33(2)14-16-34/h3-9,12,19,24H,10-11,13-18H2,1-2H3,(H,30,31,32). The van der Waals surface area contributed by atoms with Gasteiger partial charge >= 0.3 is 0 Å². The van der Waals surface area contributed by atoms with Gasteiger partial charge in [-0.1, -0.05) is 6.07 Å². The lowest BCUT2D eigenvalue weighted by Crippen LogP contribution is -2.44. The van der Waals surface area contributed by atoms with E-state index in [9.17, 15) is 0 Å². The Morgan fingerprint density at radius 1 is 0.944 bits per heavy atom. The van der Waals surface area contributed by atoms with E-state index in [-0.39, 0.29) is 6.10 Å². The first kappa shape index (κ1) is 23.0. The summed E-state index contributed by atoms with van der Waals surface area (Å²) in [6.07, 6.45) is 3.95. The fraction of sp³-hybridized carbons (Fsp3) is 0.379. The maximum atomic E-state index is 6.27. The molecule has 36 heavy (non-hydrogen) atoms. The number of fused-ring (bicyclic) bond motifs is 1. The minimum absolute atomic E-state index is 0.230. The van der Waals surface area contributed by atoms with Gasteiger partial charge in [-0.25, -0.2) is 9.97 Å². The van der Waals surface area contributed by atoms with Gasteiger partial charge in [0.2, 0.25) is 0 Å². The Bertz CT molecular complexity index is 1340. The highest BCUT2D eigenvalue weighted by Gasteiger charge is 2.18. The van der Waals surface area contributed by atoms with E-state index < -0.39 is 0 Å². The number of aromatic nitrogens is 3. The van der Waals surface area contributed by atoms with Gasteiger partial charge in [0.05, 0.1) is 18.7 Å². The minimum atomic E-state index is 0.230. The fourth-order valence-electron chi connectivity index (χ4n) is 5.11. The third kappa shape index (κ3) is 4.68. The molecule has 7 nitrogen and oxygen atoms in total. The largest absolute Gasteiger partial charge is 0.490 e. The summed E-state index contributed by atoms with van der Waals surface area (Å²) in [7, 11) is 2.18. The number of piperazine rings is 1. The van der Waals surface area contributed by atoms with Crippen molar-refractivity contribution in [3.63, 3.8) is 0 Å². The van der Waals surface area contributed by atoms with Crippen LogP contribution in [0.2, 0.25) is 0 Å². The van der Waals surface area contributed by atoms with Crippen LogP contribution in [0.1, 0.15) is 18.4 Å². The topological polar surface area (TPSA) is 66.5 Å². The Morgan fingerprint density at radius 2 is 1.69 bits per heavy atom. The van der Waals surface area contributed by atoms with Gasteiger partial charge in [-0.2, -0.15) is 0 Å². The summed E-state index contributed by atoms with van der Waals surface area (Å²) in [5.74, 6) is 1.78. The average molecular weight is 484 g/mol. The lowest BCUT2D eigenvalue weighted by Gasteiger charge is -2.34. The molecule has 0 radical (unpaired) electrons. The smallest absolute Gasteiger partial charge is 0.178 e. The normalized spacial score (nSPS) is 17.6. The highest BCUT2D eigenvalue weighted by molar-refractivity contribution is 5.91. The molecule has 0 amide bonds. The number of pyridine rings is 1. The molecule has 0 aliphatic carbocycles. The van der Waals surface area contributed by atoms with Crippen molar-refractivity contribution in [2.45, 2.75) is 25.9 Å². The zero-order chi connectivity index (χ0) is 24.5. The summed E-state index contributed by atoms with van der Waals surface area (Å²) in [4.78, 5) is 17.7. The number of benzene rings is 2. The summed E-state index contributed by atoms with van der Waals surface area (Å²) in [5.41, 5.74) is 7.35. The number of anilines is 1. The molecule has 0 saturated carbocycles. The van der Waals surface area contributed by atoms with Crippen LogP contribution in [0.4, 0.5) is 5.69 Å². The first-order chi connectivity index (χ1) is 17.6. The molecule has 0 bridgehead atoms. The molecule has 7 heteroatoms. The second kappa shape index (κ2) is 9.91. The van der Waals surface area contributed by atoms with Crippen molar-refractivity contribution < 1.29 is 9.47 Å². The molecule has 0 atom stereocenters. The first-order valence-electron chi connectivity index (χ1n) is 12.9. The Labute approximate surface area is 212 Å². The number of aromatic amines is 1. The van der Waals surface area contributed by atoms with E-state index in [0.717, 1.165) is 97.2 Å². The Balaban J connectivity index is 1.25. The number of nitrogens with one attached hydrogen (secondary N) is 1. The number of aryl methyl sites for hydroxylation is 1. The average Bonchev–Trinajstić information content (AvgIpc) is 3.36. The van der Waals surface area contributed by atoms with Gasteiger partial charge in [0, 0.05) is 62.0 Å². The Morgan fingerprint density at radius 3 is 2.44 bits per heavy atom. The molecule has 186 valence electrons. The SMILES string of the molecule is Cc1cc(-c2ccnc3nc(-c4ccc(N5CCN(C)CC5)cc4)[nH]c23)ccc1OC1CCOCC1. The molecule has 2 aliphatic heterocycles. The zero-order valence-corrected chi connectivity index (χ0v) is 21.0. The second-order valence-corrected chi connectivity index (χ2v) is 9.89. The minimum Gasteiger partial charge on any atom is -0.490 e. The summed E-state index contributed by atoms with van der Waals surface area (Å²) in [6, 6.07) is 17.1. The molecular formula is C29H33N5O2. The number of nitrogens with zero attached hydrogens (tertiary/aromatic N) is 4. The van der Waals surface area contributed by atoms with Crippen molar-refractivity contribution in [2.24, 2.45) is 0 Å². The van der Waals surface area contributed by atoms with Crippen molar-refractivity contribution in [1.29, 1.82) is 0 Å². The highest BCUT2D eigenvalue weighted by Crippen LogP contribution is 2.32. The summed E-state index contributed by atoms with van der Waals surface area (Å²) in [5, 5.41) is 0. The van der Waals surface area contributed by atoms with E-state index in [0.29, 0.717) is 0 Å². The predicted octanol–water partition coefficient (Wildman–Crippen LogP) is 4.91. The highest BCUT2D eigenvalue weighted by atomic mass is 16.5. The Hall–Kier alpha value is -3.42. The van der Waals surface area contributed by atoms with E-state index in [1.165, 1.54) is 5.69 Å². The van der Waals surface area contributed by atoms with Crippen molar-refractivity contribution in [3.05, 3.63) is 60.3 Å². The molecule has 0 spiro atoms. The summed E-state index contributed by atoms with van der Waals surface area (Å²) in [6.45, 7) is 7.98. The molecule has 2 aromatic carbocycles. The number of ether oxygens (including phenoxy) is 2. The molecule has 1 N–H and O–H groups in total. The molecule has 0 unspecified atom stereocenters. The van der Waals surface area contributed by atoms with E-state index in [2.05, 4.69) is 82.3 Å². The van der Waals surface area contributed by atoms with Crippen LogP contribution in [0.25, 0.3) is 33.7 Å². The quantitative estimate of drug-likeness (QED) is 0.435. The van der Waals surface area contributed by atoms with Crippen LogP contribution in [0, 0.1) is 6.92 Å². The van der Waals surface area contributed by atoms with E-state index in [4.69, 9.17) is 14.5 Å². The monoisotopic (exact) mass is 483 g/mol. The predicted molar refractivity (Wildman–Crippen MR) is 144 cm³/mol. The van der Waals surface area contributed by atoms with Gasteiger partial charge < -0.3 is 24.3 Å². The van der Waals surface area contributed by atoms with Gasteiger partial charge in [0.25, 0.3) is 0 Å². The maximum Gasteiger partial charge on any atom is 0.178 e. The molecule has 2 saturated heterocycles. The number of likely N-dealkylation sites (N-methyl/N-ethyl adjacent to an activating group) is 1. The van der Waals surface area contributed by atoms with Crippen LogP contribution in [0.5, 0.6) is 5.75 Å². The Kier molecular flexibility index (Phi) is 6.34. The molecule has 2 aliphatic rings. The number of imidazole rings is 1. The molecule has 4 aromatic rings. The first-order valence-corrected chi connectivity index (χ1v) is 12.9. The van der Waals surface area contributed by atoms with Crippen molar-refractivity contribution >= 4 is 16.9 Å².